The van der Waals surface area contributed by atoms with Crippen LogP contribution >= 0.6 is 11.6 Å². The molecule has 17 heavy (non-hydrogen) atoms. The molecule has 0 unspecified atom stereocenters. The van der Waals surface area contributed by atoms with Gasteiger partial charge in [0, 0.05) is 6.54 Å². The first kappa shape index (κ1) is 12.6. The minimum atomic E-state index is -0.446. The van der Waals surface area contributed by atoms with Crippen LogP contribution in [0.25, 0.3) is 0 Å². The van der Waals surface area contributed by atoms with Gasteiger partial charge in [-0.05, 0) is 36.3 Å². The van der Waals surface area contributed by atoms with E-state index in [0.717, 1.165) is 18.7 Å². The minimum absolute atomic E-state index is 0.0752. The molecule has 0 radical (unpaired) electrons. The SMILES string of the molecule is CC1CCC(CNc2nc(Cl)ncc2F)CC1. The lowest BCUT2D eigenvalue weighted by atomic mass is 9.83. The van der Waals surface area contributed by atoms with Crippen LogP contribution in [0.1, 0.15) is 32.6 Å². The zero-order valence-electron chi connectivity index (χ0n) is 9.92. The summed E-state index contributed by atoms with van der Waals surface area (Å²) in [5, 5.41) is 3.10. The standard InChI is InChI=1S/C12H17ClFN3/c1-8-2-4-9(5-3-8)6-15-11-10(14)7-16-12(13)17-11/h7-9H,2-6H2,1H3,(H,15,16,17). The number of halogens is 2. The van der Waals surface area contributed by atoms with Crippen molar-refractivity contribution < 1.29 is 4.39 Å². The van der Waals surface area contributed by atoms with Crippen LogP contribution in [0, 0.1) is 17.7 Å². The van der Waals surface area contributed by atoms with Crippen molar-refractivity contribution >= 4 is 17.4 Å². The summed E-state index contributed by atoms with van der Waals surface area (Å²) in [6.07, 6.45) is 6.03. The first-order valence-corrected chi connectivity index (χ1v) is 6.45. The summed E-state index contributed by atoms with van der Waals surface area (Å²) in [7, 11) is 0. The summed E-state index contributed by atoms with van der Waals surface area (Å²) < 4.78 is 13.3. The summed E-state index contributed by atoms with van der Waals surface area (Å²) in [6.45, 7) is 3.05. The maximum atomic E-state index is 13.3. The molecule has 0 atom stereocenters. The van der Waals surface area contributed by atoms with Crippen molar-refractivity contribution in [2.45, 2.75) is 32.6 Å². The van der Waals surface area contributed by atoms with Crippen LogP contribution in [0.4, 0.5) is 10.2 Å². The molecule has 1 aromatic rings. The minimum Gasteiger partial charge on any atom is -0.367 e. The molecule has 0 aromatic carbocycles. The van der Waals surface area contributed by atoms with Crippen LogP contribution in [-0.4, -0.2) is 16.5 Å². The zero-order chi connectivity index (χ0) is 12.3. The van der Waals surface area contributed by atoms with E-state index in [0.29, 0.717) is 5.92 Å². The van der Waals surface area contributed by atoms with Gasteiger partial charge in [-0.15, -0.1) is 0 Å². The Kier molecular flexibility index (Phi) is 4.15. The van der Waals surface area contributed by atoms with E-state index in [4.69, 9.17) is 11.6 Å². The summed E-state index contributed by atoms with van der Waals surface area (Å²) in [5.74, 6) is 1.21. The van der Waals surface area contributed by atoms with Gasteiger partial charge in [-0.2, -0.15) is 4.98 Å². The molecule has 0 bridgehead atoms. The van der Waals surface area contributed by atoms with Crippen molar-refractivity contribution in [2.24, 2.45) is 11.8 Å². The van der Waals surface area contributed by atoms with Gasteiger partial charge in [0.2, 0.25) is 5.28 Å². The highest BCUT2D eigenvalue weighted by molar-refractivity contribution is 6.28. The molecule has 1 fully saturated rings. The topological polar surface area (TPSA) is 37.8 Å². The molecule has 1 aliphatic carbocycles. The molecule has 0 spiro atoms. The highest BCUT2D eigenvalue weighted by Gasteiger charge is 2.18. The van der Waals surface area contributed by atoms with Crippen LogP contribution in [0.3, 0.4) is 0 Å². The van der Waals surface area contributed by atoms with E-state index in [1.807, 2.05) is 0 Å². The Morgan fingerprint density at radius 3 is 2.82 bits per heavy atom. The predicted octanol–water partition coefficient (Wildman–Crippen LogP) is 3.51. The summed E-state index contributed by atoms with van der Waals surface area (Å²) in [4.78, 5) is 7.42. The average Bonchev–Trinajstić information content (AvgIpc) is 2.32. The smallest absolute Gasteiger partial charge is 0.224 e. The van der Waals surface area contributed by atoms with Crippen molar-refractivity contribution in [3.63, 3.8) is 0 Å². The largest absolute Gasteiger partial charge is 0.367 e. The quantitative estimate of drug-likeness (QED) is 0.842. The molecule has 0 amide bonds. The van der Waals surface area contributed by atoms with Gasteiger partial charge in [-0.3, -0.25) is 0 Å². The second kappa shape index (κ2) is 5.63. The Labute approximate surface area is 106 Å². The summed E-state index contributed by atoms with van der Waals surface area (Å²) >= 11 is 5.63. The van der Waals surface area contributed by atoms with Gasteiger partial charge in [0.1, 0.15) is 0 Å². The monoisotopic (exact) mass is 257 g/mol. The van der Waals surface area contributed by atoms with Gasteiger partial charge in [0.05, 0.1) is 6.20 Å². The molecule has 1 aliphatic rings. The van der Waals surface area contributed by atoms with Gasteiger partial charge in [-0.1, -0.05) is 19.8 Å². The zero-order valence-corrected chi connectivity index (χ0v) is 10.7. The van der Waals surface area contributed by atoms with Crippen molar-refractivity contribution in [1.29, 1.82) is 0 Å². The average molecular weight is 258 g/mol. The molecule has 1 N–H and O–H groups in total. The Morgan fingerprint density at radius 2 is 2.12 bits per heavy atom. The lowest BCUT2D eigenvalue weighted by molar-refractivity contribution is 0.300. The van der Waals surface area contributed by atoms with E-state index in [-0.39, 0.29) is 11.1 Å². The van der Waals surface area contributed by atoms with E-state index in [1.165, 1.54) is 25.7 Å². The molecule has 1 saturated carbocycles. The molecule has 0 aliphatic heterocycles. The molecular weight excluding hydrogens is 241 g/mol. The Morgan fingerprint density at radius 1 is 1.41 bits per heavy atom. The molecule has 1 aromatic heterocycles. The maximum Gasteiger partial charge on any atom is 0.224 e. The Bertz CT molecular complexity index is 378. The summed E-state index contributed by atoms with van der Waals surface area (Å²) in [6, 6.07) is 0. The second-order valence-corrected chi connectivity index (χ2v) is 5.18. The van der Waals surface area contributed by atoms with Crippen molar-refractivity contribution in [3.8, 4) is 0 Å². The Balaban J connectivity index is 1.87. The number of aromatic nitrogens is 2. The molecule has 2 rings (SSSR count). The van der Waals surface area contributed by atoms with Crippen LogP contribution < -0.4 is 5.32 Å². The number of nitrogens with zero attached hydrogens (tertiary/aromatic N) is 2. The molecule has 3 nitrogen and oxygen atoms in total. The van der Waals surface area contributed by atoms with Gasteiger partial charge >= 0.3 is 0 Å². The lowest BCUT2D eigenvalue weighted by Crippen LogP contribution is -2.21. The van der Waals surface area contributed by atoms with E-state index in [9.17, 15) is 4.39 Å². The lowest BCUT2D eigenvalue weighted by Gasteiger charge is -2.26. The summed E-state index contributed by atoms with van der Waals surface area (Å²) in [5.41, 5.74) is 0. The molecular formula is C12H17ClFN3. The van der Waals surface area contributed by atoms with Gasteiger partial charge in [0.25, 0.3) is 0 Å². The predicted molar refractivity (Wildman–Crippen MR) is 66.6 cm³/mol. The highest BCUT2D eigenvalue weighted by Crippen LogP contribution is 2.28. The third kappa shape index (κ3) is 3.53. The van der Waals surface area contributed by atoms with Crippen LogP contribution in [0.5, 0.6) is 0 Å². The van der Waals surface area contributed by atoms with E-state index in [2.05, 4.69) is 22.2 Å². The fourth-order valence-electron chi connectivity index (χ4n) is 2.24. The van der Waals surface area contributed by atoms with Crippen molar-refractivity contribution in [1.82, 2.24) is 9.97 Å². The fourth-order valence-corrected chi connectivity index (χ4v) is 2.38. The van der Waals surface area contributed by atoms with E-state index < -0.39 is 5.82 Å². The van der Waals surface area contributed by atoms with Crippen LogP contribution in [-0.2, 0) is 0 Å². The number of hydrogen-bond donors (Lipinski definition) is 1. The molecule has 5 heteroatoms. The first-order valence-electron chi connectivity index (χ1n) is 6.07. The first-order chi connectivity index (χ1) is 8.15. The molecule has 1 heterocycles. The van der Waals surface area contributed by atoms with Crippen LogP contribution in [0.2, 0.25) is 5.28 Å². The van der Waals surface area contributed by atoms with E-state index in [1.54, 1.807) is 0 Å². The van der Waals surface area contributed by atoms with Crippen molar-refractivity contribution in [2.75, 3.05) is 11.9 Å². The van der Waals surface area contributed by atoms with Gasteiger partial charge in [-0.25, -0.2) is 9.37 Å². The Hall–Kier alpha value is -0.900. The van der Waals surface area contributed by atoms with Gasteiger partial charge in [0.15, 0.2) is 11.6 Å². The number of hydrogen-bond acceptors (Lipinski definition) is 3. The van der Waals surface area contributed by atoms with Gasteiger partial charge < -0.3 is 5.32 Å². The molecule has 94 valence electrons. The third-order valence-corrected chi connectivity index (χ3v) is 3.59. The van der Waals surface area contributed by atoms with Crippen LogP contribution in [0.15, 0.2) is 6.20 Å². The highest BCUT2D eigenvalue weighted by atomic mass is 35.5. The number of anilines is 1. The number of nitrogens with one attached hydrogen (secondary N) is 1. The normalized spacial score (nSPS) is 24.6. The number of rotatable bonds is 3. The van der Waals surface area contributed by atoms with Crippen molar-refractivity contribution in [3.05, 3.63) is 17.3 Å². The second-order valence-electron chi connectivity index (χ2n) is 4.84. The van der Waals surface area contributed by atoms with E-state index >= 15 is 0 Å². The third-order valence-electron chi connectivity index (χ3n) is 3.41. The fraction of sp³-hybridized carbons (Fsp3) is 0.667. The maximum absolute atomic E-state index is 13.3. The molecule has 0 saturated heterocycles.